The van der Waals surface area contributed by atoms with Crippen molar-refractivity contribution in [3.05, 3.63) is 29.8 Å². The van der Waals surface area contributed by atoms with E-state index in [0.717, 1.165) is 37.2 Å². The number of amides is 1. The molecule has 1 aliphatic heterocycles. The molecule has 1 aromatic rings. The van der Waals surface area contributed by atoms with Crippen molar-refractivity contribution in [3.63, 3.8) is 0 Å². The van der Waals surface area contributed by atoms with Crippen LogP contribution in [0.15, 0.2) is 29.4 Å². The molecule has 1 aliphatic rings. The molecule has 108 valence electrons. The van der Waals surface area contributed by atoms with Crippen LogP contribution in [-0.2, 0) is 9.63 Å². The third-order valence-electron chi connectivity index (χ3n) is 3.20. The number of amidine groups is 1. The molecule has 0 atom stereocenters. The number of carbonyl (C=O) groups is 1. The second-order valence-corrected chi connectivity index (χ2v) is 4.57. The highest BCUT2D eigenvalue weighted by molar-refractivity contribution is 5.97. The fourth-order valence-corrected chi connectivity index (χ4v) is 2.03. The van der Waals surface area contributed by atoms with Crippen molar-refractivity contribution in [1.82, 2.24) is 4.90 Å². The van der Waals surface area contributed by atoms with Crippen LogP contribution in [0.2, 0.25) is 0 Å². The smallest absolute Gasteiger partial charge is 0.263 e. The molecule has 1 aromatic carbocycles. The molecule has 1 amide bonds. The van der Waals surface area contributed by atoms with Gasteiger partial charge in [-0.15, -0.1) is 0 Å². The number of rotatable bonds is 5. The topological polar surface area (TPSA) is 77.1 Å². The summed E-state index contributed by atoms with van der Waals surface area (Å²) in [5, 5.41) is 3.77. The van der Waals surface area contributed by atoms with Crippen molar-refractivity contribution < 1.29 is 14.4 Å². The Morgan fingerprint density at radius 2 is 1.95 bits per heavy atom. The summed E-state index contributed by atoms with van der Waals surface area (Å²) < 4.78 is 5.06. The first-order chi connectivity index (χ1) is 9.70. The Morgan fingerprint density at radius 1 is 1.30 bits per heavy atom. The number of nitrogens with two attached hydrogens (primary N) is 1. The first kappa shape index (κ1) is 14.2. The minimum absolute atomic E-state index is 0.0474. The van der Waals surface area contributed by atoms with Crippen LogP contribution >= 0.6 is 0 Å². The highest BCUT2D eigenvalue weighted by Crippen LogP contribution is 2.11. The first-order valence-electron chi connectivity index (χ1n) is 6.58. The monoisotopic (exact) mass is 277 g/mol. The number of benzene rings is 1. The number of ether oxygens (including phenoxy) is 1. The highest BCUT2D eigenvalue weighted by Gasteiger charge is 2.17. The number of hydrogen-bond acceptors (Lipinski definition) is 4. The fraction of sp³-hybridized carbons (Fsp3) is 0.429. The van der Waals surface area contributed by atoms with Crippen molar-refractivity contribution in [2.45, 2.75) is 12.8 Å². The Morgan fingerprint density at radius 3 is 2.55 bits per heavy atom. The minimum Gasteiger partial charge on any atom is -0.497 e. The molecule has 0 aromatic heterocycles. The second-order valence-electron chi connectivity index (χ2n) is 4.57. The van der Waals surface area contributed by atoms with Crippen LogP contribution in [0.3, 0.4) is 0 Å². The molecular weight excluding hydrogens is 258 g/mol. The van der Waals surface area contributed by atoms with Crippen molar-refractivity contribution in [2.24, 2.45) is 10.9 Å². The van der Waals surface area contributed by atoms with Crippen molar-refractivity contribution in [2.75, 3.05) is 26.8 Å². The summed E-state index contributed by atoms with van der Waals surface area (Å²) in [5.74, 6) is 0.933. The molecule has 2 rings (SSSR count). The number of nitrogens with zero attached hydrogens (tertiary/aromatic N) is 2. The Balaban J connectivity index is 1.84. The third-order valence-corrected chi connectivity index (χ3v) is 3.20. The van der Waals surface area contributed by atoms with E-state index in [9.17, 15) is 4.79 Å². The molecule has 0 saturated carbocycles. The van der Waals surface area contributed by atoms with E-state index in [1.54, 1.807) is 36.3 Å². The molecule has 0 spiro atoms. The van der Waals surface area contributed by atoms with Gasteiger partial charge in [0.1, 0.15) is 5.75 Å². The van der Waals surface area contributed by atoms with E-state index >= 15 is 0 Å². The van der Waals surface area contributed by atoms with Crippen molar-refractivity contribution in [1.29, 1.82) is 0 Å². The average Bonchev–Trinajstić information content (AvgIpc) is 3.01. The normalized spacial score (nSPS) is 15.2. The van der Waals surface area contributed by atoms with Crippen LogP contribution in [0.5, 0.6) is 5.75 Å². The van der Waals surface area contributed by atoms with Gasteiger partial charge in [0.15, 0.2) is 12.4 Å². The molecule has 6 nitrogen and oxygen atoms in total. The van der Waals surface area contributed by atoms with E-state index in [1.165, 1.54) is 0 Å². The summed E-state index contributed by atoms with van der Waals surface area (Å²) in [7, 11) is 1.60. The summed E-state index contributed by atoms with van der Waals surface area (Å²) in [5.41, 5.74) is 6.51. The van der Waals surface area contributed by atoms with Crippen LogP contribution in [-0.4, -0.2) is 43.4 Å². The molecule has 1 saturated heterocycles. The van der Waals surface area contributed by atoms with Crippen LogP contribution in [0.25, 0.3) is 0 Å². The van der Waals surface area contributed by atoms with E-state index in [1.807, 2.05) is 0 Å². The Kier molecular flexibility index (Phi) is 4.81. The van der Waals surface area contributed by atoms with E-state index in [0.29, 0.717) is 0 Å². The van der Waals surface area contributed by atoms with E-state index in [-0.39, 0.29) is 18.3 Å². The molecule has 6 heteroatoms. The van der Waals surface area contributed by atoms with Gasteiger partial charge in [-0.3, -0.25) is 4.79 Å². The zero-order valence-electron chi connectivity index (χ0n) is 11.5. The highest BCUT2D eigenvalue weighted by atomic mass is 16.6. The molecule has 0 bridgehead atoms. The number of hydrogen-bond donors (Lipinski definition) is 1. The van der Waals surface area contributed by atoms with Crippen LogP contribution < -0.4 is 10.5 Å². The minimum atomic E-state index is -0.0726. The SMILES string of the molecule is COc1ccc(C(N)=NOCC(=O)N2CCCC2)cc1. The predicted octanol–water partition coefficient (Wildman–Crippen LogP) is 0.954. The second kappa shape index (κ2) is 6.79. The van der Waals surface area contributed by atoms with Gasteiger partial charge in [-0.05, 0) is 37.1 Å². The van der Waals surface area contributed by atoms with Gasteiger partial charge >= 0.3 is 0 Å². The largest absolute Gasteiger partial charge is 0.497 e. The van der Waals surface area contributed by atoms with Gasteiger partial charge in [0.05, 0.1) is 7.11 Å². The lowest BCUT2D eigenvalue weighted by molar-refractivity contribution is -0.135. The zero-order valence-corrected chi connectivity index (χ0v) is 11.5. The molecule has 20 heavy (non-hydrogen) atoms. The average molecular weight is 277 g/mol. The van der Waals surface area contributed by atoms with Gasteiger partial charge in [-0.25, -0.2) is 0 Å². The molecule has 1 fully saturated rings. The van der Waals surface area contributed by atoms with Crippen LogP contribution in [0, 0.1) is 0 Å². The number of carbonyl (C=O) groups excluding carboxylic acids is 1. The number of oxime groups is 1. The van der Waals surface area contributed by atoms with Gasteiger partial charge in [0.2, 0.25) is 0 Å². The zero-order chi connectivity index (χ0) is 14.4. The van der Waals surface area contributed by atoms with Crippen molar-refractivity contribution >= 4 is 11.7 Å². The lowest BCUT2D eigenvalue weighted by atomic mass is 10.2. The van der Waals surface area contributed by atoms with Crippen molar-refractivity contribution in [3.8, 4) is 5.75 Å². The Bertz CT molecular complexity index is 479. The van der Waals surface area contributed by atoms with Gasteiger partial charge in [-0.1, -0.05) is 5.16 Å². The van der Waals surface area contributed by atoms with Crippen LogP contribution in [0.1, 0.15) is 18.4 Å². The van der Waals surface area contributed by atoms with Gasteiger partial charge in [0, 0.05) is 18.7 Å². The van der Waals surface area contributed by atoms with E-state index < -0.39 is 0 Å². The maximum absolute atomic E-state index is 11.7. The standard InChI is InChI=1S/C14H19N3O3/c1-19-12-6-4-11(5-7-12)14(15)16-20-10-13(18)17-8-2-3-9-17/h4-7H,2-3,8-10H2,1H3,(H2,15,16). The molecule has 0 radical (unpaired) electrons. The number of likely N-dealkylation sites (tertiary alicyclic amines) is 1. The summed E-state index contributed by atoms with van der Waals surface area (Å²) in [6.07, 6.45) is 2.12. The molecule has 0 aliphatic carbocycles. The summed E-state index contributed by atoms with van der Waals surface area (Å²) in [6, 6.07) is 7.13. The fourth-order valence-electron chi connectivity index (χ4n) is 2.03. The predicted molar refractivity (Wildman–Crippen MR) is 75.5 cm³/mol. The Labute approximate surface area is 118 Å². The van der Waals surface area contributed by atoms with Crippen LogP contribution in [0.4, 0.5) is 0 Å². The maximum Gasteiger partial charge on any atom is 0.263 e. The lowest BCUT2D eigenvalue weighted by Crippen LogP contribution is -2.30. The lowest BCUT2D eigenvalue weighted by Gasteiger charge is -2.13. The summed E-state index contributed by atoms with van der Waals surface area (Å²) in [4.78, 5) is 18.5. The van der Waals surface area contributed by atoms with Gasteiger partial charge in [0.25, 0.3) is 5.91 Å². The Hall–Kier alpha value is -2.24. The molecular formula is C14H19N3O3. The molecule has 2 N–H and O–H groups in total. The summed E-state index contributed by atoms with van der Waals surface area (Å²) in [6.45, 7) is 1.54. The molecule has 1 heterocycles. The van der Waals surface area contributed by atoms with Gasteiger partial charge < -0.3 is 20.2 Å². The van der Waals surface area contributed by atoms with E-state index in [2.05, 4.69) is 5.16 Å². The molecule has 0 unspecified atom stereocenters. The maximum atomic E-state index is 11.7. The van der Waals surface area contributed by atoms with E-state index in [4.69, 9.17) is 15.3 Å². The quantitative estimate of drug-likeness (QED) is 0.494. The van der Waals surface area contributed by atoms with Gasteiger partial charge in [-0.2, -0.15) is 0 Å². The third kappa shape index (κ3) is 3.63. The number of methoxy groups -OCH3 is 1. The summed E-state index contributed by atoms with van der Waals surface area (Å²) >= 11 is 0. The first-order valence-corrected chi connectivity index (χ1v) is 6.58.